The van der Waals surface area contributed by atoms with E-state index >= 15 is 0 Å². The molecule has 0 radical (unpaired) electrons. The molecule has 3 rings (SSSR count). The number of rotatable bonds is 1. The Morgan fingerprint density at radius 3 is 2.50 bits per heavy atom. The van der Waals surface area contributed by atoms with E-state index in [2.05, 4.69) is 9.97 Å². The van der Waals surface area contributed by atoms with Crippen molar-refractivity contribution in [1.82, 2.24) is 9.97 Å². The summed E-state index contributed by atoms with van der Waals surface area (Å²) in [7, 11) is 0. The number of aromatic nitrogens is 2. The number of hydrogen-bond donors (Lipinski definition) is 3. The fourth-order valence-corrected chi connectivity index (χ4v) is 2.20. The second kappa shape index (κ2) is 5.61. The molecule has 22 heavy (non-hydrogen) atoms. The minimum atomic E-state index is -1.11. The van der Waals surface area contributed by atoms with Crippen LogP contribution in [0.25, 0.3) is 22.0 Å². The van der Waals surface area contributed by atoms with Crippen LogP contribution < -0.4 is 17.0 Å². The first-order valence-corrected chi connectivity index (χ1v) is 6.01. The van der Waals surface area contributed by atoms with E-state index in [1.165, 1.54) is 24.3 Å². The van der Waals surface area contributed by atoms with E-state index in [-0.39, 0.29) is 40.7 Å². The van der Waals surface area contributed by atoms with Crippen molar-refractivity contribution < 1.29 is 8.78 Å². The number of anilines is 2. The summed E-state index contributed by atoms with van der Waals surface area (Å²) in [5.74, 6) is -2.04. The molecule has 0 bridgehead atoms. The van der Waals surface area contributed by atoms with Crippen LogP contribution in [0.4, 0.5) is 20.4 Å². The summed E-state index contributed by atoms with van der Waals surface area (Å²) >= 11 is 0. The predicted molar refractivity (Wildman–Crippen MR) is 83.8 cm³/mol. The highest BCUT2D eigenvalue weighted by atomic mass is 35.5. The number of hydrogen-bond acceptors (Lipinski definition) is 4. The van der Waals surface area contributed by atoms with Gasteiger partial charge in [0.2, 0.25) is 5.56 Å². The SMILES string of the molecule is Cl.Nc1ccc(-c2c(F)c(F)cc3ccc(=O)[nH]c23)c(N)n1. The van der Waals surface area contributed by atoms with Gasteiger partial charge in [0.1, 0.15) is 11.6 Å². The molecule has 0 aliphatic heterocycles. The third-order valence-electron chi connectivity index (χ3n) is 3.13. The number of benzene rings is 1. The number of nitrogens with zero attached hydrogens (tertiary/aromatic N) is 1. The molecule has 2 heterocycles. The van der Waals surface area contributed by atoms with Crippen LogP contribution in [0.2, 0.25) is 0 Å². The van der Waals surface area contributed by atoms with Gasteiger partial charge in [-0.1, -0.05) is 0 Å². The van der Waals surface area contributed by atoms with Gasteiger partial charge in [-0.2, -0.15) is 0 Å². The summed E-state index contributed by atoms with van der Waals surface area (Å²) in [6.07, 6.45) is 0. The highest BCUT2D eigenvalue weighted by molar-refractivity contribution is 5.96. The molecule has 0 saturated heterocycles. The molecule has 1 aromatic carbocycles. The molecule has 0 atom stereocenters. The van der Waals surface area contributed by atoms with Gasteiger partial charge in [-0.3, -0.25) is 4.79 Å². The number of pyridine rings is 2. The highest BCUT2D eigenvalue weighted by Gasteiger charge is 2.18. The lowest BCUT2D eigenvalue weighted by Crippen LogP contribution is -2.06. The Morgan fingerprint density at radius 2 is 1.82 bits per heavy atom. The van der Waals surface area contributed by atoms with Gasteiger partial charge in [0, 0.05) is 22.6 Å². The van der Waals surface area contributed by atoms with E-state index in [1.54, 1.807) is 0 Å². The Kier molecular flexibility index (Phi) is 4.01. The number of nitrogens with one attached hydrogen (secondary N) is 1. The summed E-state index contributed by atoms with van der Waals surface area (Å²) in [5, 5.41) is 0.347. The first-order valence-electron chi connectivity index (χ1n) is 6.01. The monoisotopic (exact) mass is 324 g/mol. The lowest BCUT2D eigenvalue weighted by atomic mass is 10.0. The van der Waals surface area contributed by atoms with E-state index in [1.807, 2.05) is 0 Å². The van der Waals surface area contributed by atoms with Crippen LogP contribution in [0.1, 0.15) is 0 Å². The van der Waals surface area contributed by atoms with E-state index in [0.29, 0.717) is 5.39 Å². The molecule has 0 unspecified atom stereocenters. The van der Waals surface area contributed by atoms with E-state index in [9.17, 15) is 13.6 Å². The van der Waals surface area contributed by atoms with Crippen LogP contribution in [-0.2, 0) is 0 Å². The fourth-order valence-electron chi connectivity index (χ4n) is 2.20. The van der Waals surface area contributed by atoms with Crippen molar-refractivity contribution in [3.8, 4) is 11.1 Å². The van der Waals surface area contributed by atoms with Crippen molar-refractivity contribution in [2.24, 2.45) is 0 Å². The van der Waals surface area contributed by atoms with E-state index in [4.69, 9.17) is 11.5 Å². The fraction of sp³-hybridized carbons (Fsp3) is 0. The van der Waals surface area contributed by atoms with Crippen molar-refractivity contribution in [3.63, 3.8) is 0 Å². The molecule has 0 fully saturated rings. The predicted octanol–water partition coefficient (Wildman–Crippen LogP) is 2.45. The maximum Gasteiger partial charge on any atom is 0.248 e. The molecular formula is C14H11ClF2N4O. The Labute approximate surface area is 129 Å². The number of aromatic amines is 1. The highest BCUT2D eigenvalue weighted by Crippen LogP contribution is 2.34. The van der Waals surface area contributed by atoms with Crippen molar-refractivity contribution in [1.29, 1.82) is 0 Å². The van der Waals surface area contributed by atoms with Crippen LogP contribution in [0.15, 0.2) is 35.1 Å². The van der Waals surface area contributed by atoms with Gasteiger partial charge in [0.05, 0.1) is 5.52 Å². The van der Waals surface area contributed by atoms with Gasteiger partial charge in [-0.05, 0) is 24.3 Å². The largest absolute Gasteiger partial charge is 0.384 e. The van der Waals surface area contributed by atoms with E-state index in [0.717, 1.165) is 6.07 Å². The lowest BCUT2D eigenvalue weighted by Gasteiger charge is -2.11. The molecular weight excluding hydrogens is 314 g/mol. The summed E-state index contributed by atoms with van der Waals surface area (Å²) in [5.41, 5.74) is 11.0. The number of H-pyrrole nitrogens is 1. The van der Waals surface area contributed by atoms with Crippen molar-refractivity contribution in [2.75, 3.05) is 11.5 Å². The molecule has 0 saturated carbocycles. The van der Waals surface area contributed by atoms with Gasteiger partial charge in [0.25, 0.3) is 0 Å². The smallest absolute Gasteiger partial charge is 0.248 e. The van der Waals surface area contributed by atoms with Crippen LogP contribution >= 0.6 is 12.4 Å². The topological polar surface area (TPSA) is 97.8 Å². The molecule has 0 spiro atoms. The summed E-state index contributed by atoms with van der Waals surface area (Å²) < 4.78 is 28.0. The number of nitrogens with two attached hydrogens (primary N) is 2. The second-order valence-electron chi connectivity index (χ2n) is 4.50. The summed E-state index contributed by atoms with van der Waals surface area (Å²) in [6.45, 7) is 0. The molecule has 114 valence electrons. The van der Waals surface area contributed by atoms with Gasteiger partial charge < -0.3 is 16.5 Å². The Bertz CT molecular complexity index is 927. The standard InChI is InChI=1S/C14H10F2N4O.ClH/c15-8-5-6-1-4-10(21)20-13(6)11(12(8)16)7-2-3-9(17)19-14(7)18;/h1-5H,(H,20,21)(H4,17,18,19);1H. The average molecular weight is 325 g/mol. The van der Waals surface area contributed by atoms with Crippen LogP contribution in [0.3, 0.4) is 0 Å². The van der Waals surface area contributed by atoms with E-state index < -0.39 is 17.2 Å². The maximum absolute atomic E-state index is 14.2. The summed E-state index contributed by atoms with van der Waals surface area (Å²) in [6, 6.07) is 6.49. The molecule has 0 aliphatic rings. The lowest BCUT2D eigenvalue weighted by molar-refractivity contribution is 0.513. The zero-order valence-electron chi connectivity index (χ0n) is 11.1. The Hall–Kier alpha value is -2.67. The Morgan fingerprint density at radius 1 is 1.09 bits per heavy atom. The second-order valence-corrected chi connectivity index (χ2v) is 4.50. The number of halogens is 3. The third-order valence-corrected chi connectivity index (χ3v) is 3.13. The van der Waals surface area contributed by atoms with Crippen molar-refractivity contribution in [3.05, 3.63) is 52.3 Å². The third kappa shape index (κ3) is 2.46. The zero-order chi connectivity index (χ0) is 15.1. The van der Waals surface area contributed by atoms with Gasteiger partial charge in [-0.15, -0.1) is 12.4 Å². The molecule has 5 N–H and O–H groups in total. The molecule has 0 aliphatic carbocycles. The van der Waals surface area contributed by atoms with Crippen LogP contribution in [0.5, 0.6) is 0 Å². The normalized spacial score (nSPS) is 10.5. The van der Waals surface area contributed by atoms with Crippen LogP contribution in [-0.4, -0.2) is 9.97 Å². The Balaban J connectivity index is 0.00000176. The summed E-state index contributed by atoms with van der Waals surface area (Å²) in [4.78, 5) is 17.8. The minimum Gasteiger partial charge on any atom is -0.384 e. The molecule has 3 aromatic rings. The number of fused-ring (bicyclic) bond motifs is 1. The molecule has 8 heteroatoms. The number of nitrogen functional groups attached to an aromatic ring is 2. The van der Waals surface area contributed by atoms with Crippen molar-refractivity contribution in [2.45, 2.75) is 0 Å². The maximum atomic E-state index is 14.2. The van der Waals surface area contributed by atoms with Gasteiger partial charge in [-0.25, -0.2) is 13.8 Å². The van der Waals surface area contributed by atoms with Gasteiger partial charge >= 0.3 is 0 Å². The van der Waals surface area contributed by atoms with Crippen LogP contribution in [0, 0.1) is 11.6 Å². The first kappa shape index (κ1) is 15.7. The first-order chi connectivity index (χ1) is 9.97. The quantitative estimate of drug-likeness (QED) is 0.640. The zero-order valence-corrected chi connectivity index (χ0v) is 11.9. The average Bonchev–Trinajstić information content (AvgIpc) is 2.42. The minimum absolute atomic E-state index is 0. The van der Waals surface area contributed by atoms with Crippen molar-refractivity contribution >= 4 is 34.9 Å². The molecule has 5 nitrogen and oxygen atoms in total. The van der Waals surface area contributed by atoms with Gasteiger partial charge in [0.15, 0.2) is 11.6 Å². The molecule has 0 amide bonds. The molecule has 2 aromatic heterocycles.